The Hall–Kier alpha value is -1.45. The summed E-state index contributed by atoms with van der Waals surface area (Å²) in [7, 11) is 4.76. The summed E-state index contributed by atoms with van der Waals surface area (Å²) in [6.45, 7) is 0. The maximum atomic E-state index is 13.5. The van der Waals surface area contributed by atoms with E-state index in [1.165, 1.54) is 13.1 Å². The standard InChI is InChI=1S/C8H11B2FN2O/c1-13-8(14)3-2-4(9)7(12)5(10)6(3)11/h2H,9-10,12H2,1H3,(H,13,14). The van der Waals surface area contributed by atoms with Gasteiger partial charge >= 0.3 is 0 Å². The number of hydrogen-bond donors (Lipinski definition) is 2. The Balaban J connectivity index is 3.40. The number of rotatable bonds is 1. The van der Waals surface area contributed by atoms with Crippen molar-refractivity contribution in [3.63, 3.8) is 0 Å². The molecule has 0 aliphatic carbocycles. The van der Waals surface area contributed by atoms with Gasteiger partial charge in [-0.2, -0.15) is 0 Å². The van der Waals surface area contributed by atoms with Gasteiger partial charge in [-0.05, 0) is 5.46 Å². The van der Waals surface area contributed by atoms with E-state index in [1.54, 1.807) is 15.7 Å². The van der Waals surface area contributed by atoms with Crippen LogP contribution in [0.4, 0.5) is 10.1 Å². The van der Waals surface area contributed by atoms with Gasteiger partial charge in [0, 0.05) is 12.7 Å². The molecule has 0 radical (unpaired) electrons. The van der Waals surface area contributed by atoms with Crippen LogP contribution in [0.15, 0.2) is 6.07 Å². The number of hydrogen-bond acceptors (Lipinski definition) is 2. The average molecular weight is 192 g/mol. The van der Waals surface area contributed by atoms with Crippen LogP contribution >= 0.6 is 0 Å². The van der Waals surface area contributed by atoms with Crippen molar-refractivity contribution in [2.75, 3.05) is 12.8 Å². The smallest absolute Gasteiger partial charge is 0.253 e. The molecule has 0 heterocycles. The molecule has 72 valence electrons. The van der Waals surface area contributed by atoms with Crippen LogP contribution in [0.25, 0.3) is 0 Å². The van der Waals surface area contributed by atoms with Gasteiger partial charge in [0.15, 0.2) is 0 Å². The molecule has 0 bridgehead atoms. The summed E-state index contributed by atoms with van der Waals surface area (Å²) in [4.78, 5) is 11.3. The van der Waals surface area contributed by atoms with Gasteiger partial charge in [-0.3, -0.25) is 4.79 Å². The molecule has 0 aromatic heterocycles. The van der Waals surface area contributed by atoms with E-state index < -0.39 is 11.7 Å². The highest BCUT2D eigenvalue weighted by Crippen LogP contribution is 2.05. The number of carbonyl (C=O) groups excluding carboxylic acids is 1. The van der Waals surface area contributed by atoms with Gasteiger partial charge in [0.25, 0.3) is 5.91 Å². The zero-order chi connectivity index (χ0) is 10.9. The molecule has 0 fully saturated rings. The molecule has 6 heteroatoms. The van der Waals surface area contributed by atoms with E-state index in [0.29, 0.717) is 16.6 Å². The minimum Gasteiger partial charge on any atom is -0.400 e. The number of carbonyl (C=O) groups is 1. The van der Waals surface area contributed by atoms with Crippen molar-refractivity contribution in [1.82, 2.24) is 5.32 Å². The maximum Gasteiger partial charge on any atom is 0.253 e. The lowest BCUT2D eigenvalue weighted by molar-refractivity contribution is 0.0959. The van der Waals surface area contributed by atoms with Gasteiger partial charge in [0.05, 0.1) is 5.56 Å². The maximum absolute atomic E-state index is 13.5. The molecular formula is C8H11B2FN2O. The molecule has 0 saturated carbocycles. The fourth-order valence-electron chi connectivity index (χ4n) is 1.27. The SMILES string of the molecule is Bc1cc(C(=O)NC)c(F)c(B)c1N. The number of nitrogens with two attached hydrogens (primary N) is 1. The fraction of sp³-hybridized carbons (Fsp3) is 0.125. The highest BCUT2D eigenvalue weighted by molar-refractivity contribution is 6.44. The van der Waals surface area contributed by atoms with E-state index in [9.17, 15) is 9.18 Å². The van der Waals surface area contributed by atoms with Crippen LogP contribution in [0, 0.1) is 5.82 Å². The number of benzene rings is 1. The van der Waals surface area contributed by atoms with Gasteiger partial charge in [-0.15, -0.1) is 0 Å². The van der Waals surface area contributed by atoms with E-state index in [4.69, 9.17) is 5.73 Å². The zero-order valence-corrected chi connectivity index (χ0v) is 8.44. The number of nitrogens with one attached hydrogen (secondary N) is 1. The highest BCUT2D eigenvalue weighted by atomic mass is 19.1. The topological polar surface area (TPSA) is 55.1 Å². The summed E-state index contributed by atoms with van der Waals surface area (Å²) in [6, 6.07) is 1.45. The largest absolute Gasteiger partial charge is 0.400 e. The summed E-state index contributed by atoms with van der Waals surface area (Å²) in [5.74, 6) is -0.985. The molecule has 0 aliphatic rings. The molecule has 3 N–H and O–H groups in total. The van der Waals surface area contributed by atoms with E-state index >= 15 is 0 Å². The minimum absolute atomic E-state index is 0.0386. The molecule has 14 heavy (non-hydrogen) atoms. The van der Waals surface area contributed by atoms with Crippen LogP contribution in [0.2, 0.25) is 0 Å². The zero-order valence-electron chi connectivity index (χ0n) is 8.44. The number of amides is 1. The molecule has 1 aromatic rings. The van der Waals surface area contributed by atoms with E-state index in [0.717, 1.165) is 0 Å². The van der Waals surface area contributed by atoms with Gasteiger partial charge in [0.2, 0.25) is 0 Å². The average Bonchev–Trinajstić information content (AvgIpc) is 2.19. The van der Waals surface area contributed by atoms with E-state index in [1.807, 2.05) is 0 Å². The predicted molar refractivity (Wildman–Crippen MR) is 60.6 cm³/mol. The van der Waals surface area contributed by atoms with E-state index in [-0.39, 0.29) is 5.56 Å². The van der Waals surface area contributed by atoms with Crippen LogP contribution in [0.5, 0.6) is 0 Å². The molecule has 1 amide bonds. The number of anilines is 1. The van der Waals surface area contributed by atoms with Crippen LogP contribution in [0.1, 0.15) is 10.4 Å². The molecular weight excluding hydrogens is 181 g/mol. The summed E-state index contributed by atoms with van der Waals surface area (Å²) in [6.07, 6.45) is 0. The Labute approximate surface area is 83.7 Å². The van der Waals surface area contributed by atoms with Gasteiger partial charge < -0.3 is 11.1 Å². The van der Waals surface area contributed by atoms with Crippen molar-refractivity contribution in [2.45, 2.75) is 0 Å². The van der Waals surface area contributed by atoms with Crippen molar-refractivity contribution < 1.29 is 9.18 Å². The lowest BCUT2D eigenvalue weighted by Gasteiger charge is -2.10. The third-order valence-corrected chi connectivity index (χ3v) is 2.23. The first-order valence-electron chi connectivity index (χ1n) is 4.26. The second kappa shape index (κ2) is 3.74. The van der Waals surface area contributed by atoms with Crippen LogP contribution in [-0.2, 0) is 0 Å². The van der Waals surface area contributed by atoms with Crippen molar-refractivity contribution in [1.29, 1.82) is 0 Å². The van der Waals surface area contributed by atoms with Gasteiger partial charge in [-0.25, -0.2) is 4.39 Å². The Kier molecular flexibility index (Phi) is 2.84. The molecule has 0 unspecified atom stereocenters. The minimum atomic E-state index is -0.549. The fourth-order valence-corrected chi connectivity index (χ4v) is 1.27. The van der Waals surface area contributed by atoms with E-state index in [2.05, 4.69) is 5.32 Å². The summed E-state index contributed by atoms with van der Waals surface area (Å²) in [5, 5.41) is 2.38. The molecule has 0 aliphatic heterocycles. The first-order chi connectivity index (χ1) is 6.49. The van der Waals surface area contributed by atoms with Crippen molar-refractivity contribution in [2.24, 2.45) is 0 Å². The highest BCUT2D eigenvalue weighted by Gasteiger charge is 2.15. The Morgan fingerprint density at radius 3 is 2.64 bits per heavy atom. The van der Waals surface area contributed by atoms with Crippen LogP contribution in [0.3, 0.4) is 0 Å². The first kappa shape index (κ1) is 10.6. The first-order valence-corrected chi connectivity index (χ1v) is 4.26. The van der Waals surface area contributed by atoms with Crippen molar-refractivity contribution in [3.8, 4) is 0 Å². The van der Waals surface area contributed by atoms with Gasteiger partial charge in [0.1, 0.15) is 21.5 Å². The van der Waals surface area contributed by atoms with Crippen molar-refractivity contribution in [3.05, 3.63) is 17.4 Å². The third kappa shape index (κ3) is 1.60. The lowest BCUT2D eigenvalue weighted by Crippen LogP contribution is -2.30. The van der Waals surface area contributed by atoms with Crippen LogP contribution in [-0.4, -0.2) is 28.6 Å². The normalized spacial score (nSPS) is 9.86. The number of nitrogen functional groups attached to an aromatic ring is 1. The number of halogens is 1. The van der Waals surface area contributed by atoms with Gasteiger partial charge in [-0.1, -0.05) is 11.5 Å². The van der Waals surface area contributed by atoms with Crippen molar-refractivity contribution >= 4 is 38.2 Å². The summed E-state index contributed by atoms with van der Waals surface area (Å²) in [5.41, 5.74) is 7.09. The molecule has 0 saturated heterocycles. The molecule has 1 rings (SSSR count). The monoisotopic (exact) mass is 192 g/mol. The summed E-state index contributed by atoms with van der Waals surface area (Å²) >= 11 is 0. The second-order valence-corrected chi connectivity index (χ2v) is 3.17. The third-order valence-electron chi connectivity index (χ3n) is 2.23. The second-order valence-electron chi connectivity index (χ2n) is 3.17. The van der Waals surface area contributed by atoms with Crippen LogP contribution < -0.4 is 22.0 Å². The molecule has 1 aromatic carbocycles. The Bertz CT molecular complexity index is 395. The lowest BCUT2D eigenvalue weighted by atomic mass is 9.82. The predicted octanol–water partition coefficient (Wildman–Crippen LogP) is -2.72. The molecule has 0 spiro atoms. The Morgan fingerprint density at radius 2 is 2.14 bits per heavy atom. The Morgan fingerprint density at radius 1 is 1.57 bits per heavy atom. The quantitative estimate of drug-likeness (QED) is 0.375. The molecule has 0 atom stereocenters. The molecule has 3 nitrogen and oxygen atoms in total. The summed E-state index contributed by atoms with van der Waals surface area (Å²) < 4.78 is 13.5.